The van der Waals surface area contributed by atoms with Crippen LogP contribution in [0, 0.1) is 0 Å². The van der Waals surface area contributed by atoms with Gasteiger partial charge in [0.1, 0.15) is 152 Å². The van der Waals surface area contributed by atoms with Crippen LogP contribution in [0.25, 0.3) is 0 Å². The topological polar surface area (TPSA) is 669 Å². The Morgan fingerprint density at radius 2 is 1.00 bits per heavy atom. The van der Waals surface area contributed by atoms with E-state index in [2.05, 4.69) is 21.3 Å². The highest BCUT2D eigenvalue weighted by molar-refractivity contribution is 5.77. The Balaban J connectivity index is 1.28. The molecule has 0 aromatic carbocycles. The van der Waals surface area contributed by atoms with Crippen LogP contribution < -0.4 is 21.3 Å². The van der Waals surface area contributed by atoms with Crippen molar-refractivity contribution < 1.29 is 188 Å². The third-order valence-electron chi connectivity index (χ3n) is 16.7. The van der Waals surface area contributed by atoms with E-state index in [4.69, 9.17) is 56.8 Å². The number of hydrogen-bond acceptors (Lipinski definition) is 37. The Morgan fingerprint density at radius 3 is 1.54 bits per heavy atom. The average molecular weight is 1390 g/mol. The van der Waals surface area contributed by atoms with Gasteiger partial charge in [-0.2, -0.15) is 0 Å². The molecule has 0 spiro atoms. The largest absolute Gasteiger partial charge is 0.477 e. The average Bonchev–Trinajstić information content (AvgIpc) is 0.764. The molecule has 42 nitrogen and oxygen atoms in total. The molecule has 6 aliphatic rings. The van der Waals surface area contributed by atoms with Gasteiger partial charge in [-0.15, -0.1) is 0 Å². The van der Waals surface area contributed by atoms with Gasteiger partial charge in [-0.3, -0.25) is 19.2 Å². The molecule has 0 bridgehead atoms. The highest BCUT2D eigenvalue weighted by Crippen LogP contribution is 2.40. The van der Waals surface area contributed by atoms with Crippen LogP contribution in [0.15, 0.2) is 0 Å². The lowest BCUT2D eigenvalue weighted by atomic mass is 9.88. The van der Waals surface area contributed by atoms with Crippen LogP contribution in [0.5, 0.6) is 0 Å². The molecule has 0 aliphatic carbocycles. The summed E-state index contributed by atoms with van der Waals surface area (Å²) in [5, 5.41) is 239. The quantitative estimate of drug-likeness (QED) is 0.0331. The molecular weight excluding hydrogens is 1300 g/mol. The van der Waals surface area contributed by atoms with E-state index in [0.717, 1.165) is 27.7 Å². The summed E-state index contributed by atoms with van der Waals surface area (Å²) in [7, 11) is 0. The van der Waals surface area contributed by atoms with E-state index in [1.165, 1.54) is 6.92 Å². The minimum Gasteiger partial charge on any atom is -0.477 e. The zero-order chi connectivity index (χ0) is 71.0. The monoisotopic (exact) mass is 1390 g/mol. The number of carboxylic acid groups (broad SMARTS) is 1. The zero-order valence-corrected chi connectivity index (χ0v) is 51.6. The van der Waals surface area contributed by atoms with Gasteiger partial charge in [-0.1, -0.05) is 0 Å². The Bertz CT molecular complexity index is 2470. The predicted octanol–water partition coefficient (Wildman–Crippen LogP) is -15.8. The first kappa shape index (κ1) is 80.0. The van der Waals surface area contributed by atoms with Gasteiger partial charge in [0.25, 0.3) is 5.79 Å². The van der Waals surface area contributed by atoms with E-state index < -0.39 is 296 Å². The third-order valence-corrected chi connectivity index (χ3v) is 16.7. The van der Waals surface area contributed by atoms with Crippen molar-refractivity contribution in [2.45, 2.75) is 255 Å². The molecule has 6 aliphatic heterocycles. The second kappa shape index (κ2) is 34.9. The van der Waals surface area contributed by atoms with Gasteiger partial charge in [0, 0.05) is 34.1 Å². The van der Waals surface area contributed by atoms with Crippen LogP contribution >= 0.6 is 0 Å². The summed E-state index contributed by atoms with van der Waals surface area (Å²) >= 11 is 0. The smallest absolute Gasteiger partial charge is 0.364 e. The summed E-state index contributed by atoms with van der Waals surface area (Å²) in [6.07, 6.45) is -63.4. The molecule has 0 aromatic rings. The van der Waals surface area contributed by atoms with Crippen LogP contribution in [0.1, 0.15) is 41.0 Å². The van der Waals surface area contributed by atoms with Gasteiger partial charge in [-0.05, 0) is 6.92 Å². The highest BCUT2D eigenvalue weighted by atomic mass is 16.8. The Morgan fingerprint density at radius 1 is 0.495 bits per heavy atom. The summed E-state index contributed by atoms with van der Waals surface area (Å²) in [4.78, 5) is 63.0. The number of amides is 4. The second-order valence-corrected chi connectivity index (χ2v) is 23.7. The fourth-order valence-corrected chi connectivity index (χ4v) is 11.7. The number of nitrogens with one attached hydrogen (secondary N) is 4. The molecule has 6 saturated heterocycles. The number of carbonyl (C=O) groups excluding carboxylic acids is 4. The lowest BCUT2D eigenvalue weighted by molar-refractivity contribution is -0.398. The molecule has 6 fully saturated rings. The van der Waals surface area contributed by atoms with Crippen molar-refractivity contribution >= 4 is 29.6 Å². The first-order valence-electron chi connectivity index (χ1n) is 30.0. The molecule has 0 radical (unpaired) electrons. The minimum atomic E-state index is -3.27. The summed E-state index contributed by atoms with van der Waals surface area (Å²) in [5.41, 5.74) is 0. The number of aliphatic hydroxyl groups excluding tert-OH is 20. The van der Waals surface area contributed by atoms with E-state index in [-0.39, 0.29) is 0 Å². The third kappa shape index (κ3) is 18.5. The Hall–Kier alpha value is -3.93. The van der Waals surface area contributed by atoms with E-state index in [1.54, 1.807) is 0 Å². The number of hydrogen-bond donors (Lipinski definition) is 25. The van der Waals surface area contributed by atoms with E-state index >= 15 is 0 Å². The second-order valence-electron chi connectivity index (χ2n) is 23.7. The van der Waals surface area contributed by atoms with Crippen molar-refractivity contribution in [2.24, 2.45) is 0 Å². The molecule has 4 amide bonds. The van der Waals surface area contributed by atoms with Crippen LogP contribution in [0.3, 0.4) is 0 Å². The maximum absolute atomic E-state index is 13.1. The lowest BCUT2D eigenvalue weighted by Crippen LogP contribution is -2.70. The summed E-state index contributed by atoms with van der Waals surface area (Å²) in [5.74, 6) is -8.94. The van der Waals surface area contributed by atoms with E-state index in [1.807, 2.05) is 0 Å². The highest BCUT2D eigenvalue weighted by Gasteiger charge is 2.61. The van der Waals surface area contributed by atoms with Crippen molar-refractivity contribution in [1.82, 2.24) is 21.3 Å². The molecule has 550 valence electrons. The first-order valence-corrected chi connectivity index (χ1v) is 30.0. The van der Waals surface area contributed by atoms with Gasteiger partial charge in [-0.25, -0.2) is 4.79 Å². The van der Waals surface area contributed by atoms with Crippen LogP contribution in [0.2, 0.25) is 0 Å². The fraction of sp³-hybridized carbons (Fsp3) is 0.906. The van der Waals surface area contributed by atoms with Crippen molar-refractivity contribution in [2.75, 3.05) is 46.2 Å². The predicted molar refractivity (Wildman–Crippen MR) is 296 cm³/mol. The normalized spacial score (nSPS) is 42.9. The molecule has 0 saturated carbocycles. The Kier molecular flexibility index (Phi) is 29.4. The molecule has 0 aromatic heterocycles. The minimum absolute atomic E-state index is 0.824. The van der Waals surface area contributed by atoms with Gasteiger partial charge in [0.2, 0.25) is 23.6 Å². The number of rotatable bonds is 29. The molecule has 25 N–H and O–H groups in total. The summed E-state index contributed by atoms with van der Waals surface area (Å²) in [6, 6.07) is -7.16. The number of aliphatic carboxylic acids is 1. The molecule has 35 atom stereocenters. The Labute approximate surface area is 539 Å². The summed E-state index contributed by atoms with van der Waals surface area (Å²) < 4.78 is 70.2. The standard InChI is InChI=1S/C53H90N4O38/c1-14-30(71)38(79)39(80)49(85-14)93-46-45(92-48-28(56-17(4)66)36(77)33(74)23(9-60)86-48)35(76)25(11-62)88-51(46)91-42-26(12-63)89-47(29(37(42)78)57-18(5)67)84-13-22(70)32(73)41(19(7-58)54-15(2)64)90-50-40(81)44(34(75)24(10-61)87-50)95-53(52(82)83)6-20(68)27(55-16(3)65)43(94-53)31(72)21(69)8-59/h14,19-51,58-63,68-81H,6-13H2,1-5H3,(H,54,64)(H,55,65)(H,56,66)(H,57,67)(H,82,83)/t14-,19-,20-,21+,22+,23+,24+,25+,26+,27+,28+,29+,30+,31+,32-,33-,34-,35-,36+,37+,38+,39-,40+,41+,42+,43+,44-,45-,46+,47+,48+,49-,50-,51-,53-/m0/s1. The molecule has 42 heteroatoms. The lowest BCUT2D eigenvalue weighted by Gasteiger charge is -2.51. The number of carbonyl (C=O) groups is 5. The fourth-order valence-electron chi connectivity index (χ4n) is 11.7. The first-order chi connectivity index (χ1) is 44.6. The zero-order valence-electron chi connectivity index (χ0n) is 51.6. The van der Waals surface area contributed by atoms with Gasteiger partial charge in [0.05, 0.1) is 70.5 Å². The molecular formula is C53H90N4O38. The molecule has 0 unspecified atom stereocenters. The van der Waals surface area contributed by atoms with Crippen molar-refractivity contribution in [3.05, 3.63) is 0 Å². The van der Waals surface area contributed by atoms with Crippen molar-refractivity contribution in [3.8, 4) is 0 Å². The van der Waals surface area contributed by atoms with Crippen molar-refractivity contribution in [1.29, 1.82) is 0 Å². The van der Waals surface area contributed by atoms with Crippen LogP contribution in [-0.2, 0) is 80.8 Å². The van der Waals surface area contributed by atoms with Gasteiger partial charge < -0.3 is 185 Å². The van der Waals surface area contributed by atoms with E-state index in [0.29, 0.717) is 0 Å². The van der Waals surface area contributed by atoms with Crippen molar-refractivity contribution in [3.63, 3.8) is 0 Å². The SMILES string of the molecule is CC(=O)N[C@H]1[C@H](OC[C@@H](O)[C@H](O)[C@H](O[C@@H]2O[C@H](CO)[C@H](O)[C@H](O[C@]3(C(=O)O)C[C@H](O)[C@@H](NC(C)=O)[C@H]([C@H](O)[C@H](O)CO)O3)[C@H]2O)[C@H](CO)NC(C)=O)O[C@H](CO)[C@@H](O[C@@H]2O[C@H](CO)[C@H](O)[C@H](O[C@H]3O[C@H](CO)[C@H](O)[C@H](O)[C@H]3NC(C)=O)[C@H]2O[C@@H]2O[C@@H](C)[C@@H](O)[C@@H](O)[C@@H]2O)[C@@H]1O. The van der Waals surface area contributed by atoms with Crippen LogP contribution in [0.4, 0.5) is 0 Å². The maximum Gasteiger partial charge on any atom is 0.364 e. The van der Waals surface area contributed by atoms with Gasteiger partial charge in [0.15, 0.2) is 31.5 Å². The molecule has 95 heavy (non-hydrogen) atoms. The maximum atomic E-state index is 13.1. The molecule has 6 heterocycles. The van der Waals surface area contributed by atoms with Crippen LogP contribution in [-0.4, -0.2) is 397 Å². The molecule has 6 rings (SSSR count). The van der Waals surface area contributed by atoms with Gasteiger partial charge >= 0.3 is 5.97 Å². The number of aliphatic hydroxyl groups is 20. The number of carboxylic acids is 1. The number of ether oxygens (including phenoxy) is 12. The summed E-state index contributed by atoms with van der Waals surface area (Å²) in [6.45, 7) is -2.86. The van der Waals surface area contributed by atoms with E-state index in [9.17, 15) is 131 Å².